The van der Waals surface area contributed by atoms with Crippen molar-refractivity contribution in [1.82, 2.24) is 41.7 Å². The van der Waals surface area contributed by atoms with Crippen molar-refractivity contribution in [2.24, 2.45) is 10.8 Å². The molecular weight excluding hydrogens is 1000 g/mol. The zero-order valence-electron chi connectivity index (χ0n) is 45.1. The third-order valence-electron chi connectivity index (χ3n) is 15.5. The molecule has 4 aromatic carbocycles. The lowest BCUT2D eigenvalue weighted by Gasteiger charge is -2.35. The molecule has 6 N–H and O–H groups in total. The highest BCUT2D eigenvalue weighted by Gasteiger charge is 2.56. The molecule has 16 nitrogen and oxygen atoms in total. The summed E-state index contributed by atoms with van der Waals surface area (Å²) in [5.41, 5.74) is 2.65. The normalized spacial score (nSPS) is 24.5. The number of nitrogens with one attached hydrogen (secondary N) is 6. The lowest BCUT2D eigenvalue weighted by molar-refractivity contribution is -0.144. The molecule has 6 amide bonds. The standard InChI is InChI=1S/C58H76N8O8S2/c1-35(59-7)51(67)61-43-23-25-75-47-29-57(3,4)49(65(47)55(43)71)53(69)63-45(39-15-11-9-12-16-39)33-73-31-37-19-21-42-28-38(20-22-41(42)27-37)32-74-34-46(40-17-13-10-14-18-40)64-54(70)50-58(5,6)30-48-66(50)56(72)44(24-26-76-48)62-52(68)36(2)60-8/h9-22,27-28,35-36,43-50,59-60H,23-26,29-34H2,1-8H3,(H,61,67)(H,62,68)(H,63,69)(H,64,70)/t35?,36?,43-,44-,45?,46?,47-,48-,49+,50+/m0/s1. The maximum absolute atomic E-state index is 14.5. The van der Waals surface area contributed by atoms with Crippen LogP contribution in [0, 0.1) is 10.8 Å². The smallest absolute Gasteiger partial charge is 0.246 e. The Balaban J connectivity index is 0.892. The fraction of sp³-hybridized carbons (Fsp3) is 0.517. The number of hydrogen-bond donors (Lipinski definition) is 6. The van der Waals surface area contributed by atoms with Gasteiger partial charge in [0.1, 0.15) is 24.2 Å². The summed E-state index contributed by atoms with van der Waals surface area (Å²) in [5, 5.41) is 20.0. The maximum atomic E-state index is 14.5. The van der Waals surface area contributed by atoms with E-state index in [0.29, 0.717) is 50.4 Å². The minimum absolute atomic E-state index is 0.181. The fourth-order valence-electron chi connectivity index (χ4n) is 11.0. The third kappa shape index (κ3) is 13.1. The summed E-state index contributed by atoms with van der Waals surface area (Å²) in [6, 6.07) is 26.9. The number of carbonyl (C=O) groups is 6. The summed E-state index contributed by atoms with van der Waals surface area (Å²) in [7, 11) is 3.40. The van der Waals surface area contributed by atoms with Crippen molar-refractivity contribution >= 4 is 69.7 Å². The molecule has 0 aliphatic carbocycles. The Hall–Kier alpha value is -5.50. The van der Waals surface area contributed by atoms with E-state index < -0.39 is 59.2 Å². The number of nitrogens with zero attached hydrogens (tertiary/aromatic N) is 2. The first kappa shape index (κ1) is 56.7. The highest BCUT2D eigenvalue weighted by Crippen LogP contribution is 2.48. The molecule has 8 rings (SSSR count). The van der Waals surface area contributed by atoms with Crippen LogP contribution in [-0.2, 0) is 51.5 Å². The Morgan fingerprint density at radius 2 is 0.974 bits per heavy atom. The van der Waals surface area contributed by atoms with Gasteiger partial charge in [-0.1, -0.05) is 113 Å². The third-order valence-corrected chi connectivity index (χ3v) is 18.0. The molecule has 10 atom stereocenters. The number of benzene rings is 4. The molecule has 0 spiro atoms. The molecule has 4 aromatic rings. The predicted molar refractivity (Wildman–Crippen MR) is 299 cm³/mol. The van der Waals surface area contributed by atoms with E-state index >= 15 is 0 Å². The molecule has 18 heteroatoms. The number of amides is 6. The van der Waals surface area contributed by atoms with E-state index in [1.807, 2.05) is 100 Å². The van der Waals surface area contributed by atoms with Crippen molar-refractivity contribution in [3.05, 3.63) is 119 Å². The molecule has 4 heterocycles. The van der Waals surface area contributed by atoms with E-state index in [2.05, 4.69) is 56.2 Å². The van der Waals surface area contributed by atoms with Crippen molar-refractivity contribution in [3.8, 4) is 0 Å². The van der Waals surface area contributed by atoms with Crippen LogP contribution in [0.25, 0.3) is 10.8 Å². The fourth-order valence-corrected chi connectivity index (χ4v) is 14.1. The molecule has 4 unspecified atom stereocenters. The number of carbonyl (C=O) groups excluding carboxylic acids is 6. The Labute approximate surface area is 456 Å². The average Bonchev–Trinajstić information content (AvgIpc) is 3.76. The summed E-state index contributed by atoms with van der Waals surface area (Å²) in [4.78, 5) is 86.7. The molecule has 0 bridgehead atoms. The Morgan fingerprint density at radius 3 is 1.34 bits per heavy atom. The van der Waals surface area contributed by atoms with E-state index in [1.54, 1.807) is 61.3 Å². The molecule has 408 valence electrons. The maximum Gasteiger partial charge on any atom is 0.246 e. The van der Waals surface area contributed by atoms with Crippen LogP contribution in [0.2, 0.25) is 0 Å². The van der Waals surface area contributed by atoms with Crippen LogP contribution in [0.3, 0.4) is 0 Å². The summed E-state index contributed by atoms with van der Waals surface area (Å²) in [6.45, 7) is 12.6. The average molecular weight is 1080 g/mol. The molecule has 4 fully saturated rings. The summed E-state index contributed by atoms with van der Waals surface area (Å²) >= 11 is 3.33. The van der Waals surface area contributed by atoms with Crippen molar-refractivity contribution in [3.63, 3.8) is 0 Å². The van der Waals surface area contributed by atoms with Gasteiger partial charge >= 0.3 is 0 Å². The first-order valence-electron chi connectivity index (χ1n) is 26.6. The van der Waals surface area contributed by atoms with Gasteiger partial charge in [-0.15, -0.1) is 23.5 Å². The first-order chi connectivity index (χ1) is 36.4. The van der Waals surface area contributed by atoms with Crippen LogP contribution in [0.15, 0.2) is 97.1 Å². The van der Waals surface area contributed by atoms with Gasteiger partial charge in [0.2, 0.25) is 35.4 Å². The Bertz CT molecular complexity index is 2530. The van der Waals surface area contributed by atoms with E-state index in [4.69, 9.17) is 9.47 Å². The minimum Gasteiger partial charge on any atom is -0.374 e. The van der Waals surface area contributed by atoms with Gasteiger partial charge in [0.05, 0.1) is 61.3 Å². The molecule has 0 aromatic heterocycles. The predicted octanol–water partition coefficient (Wildman–Crippen LogP) is 5.95. The van der Waals surface area contributed by atoms with Crippen molar-refractivity contribution in [1.29, 1.82) is 0 Å². The highest BCUT2D eigenvalue weighted by atomic mass is 32.2. The second-order valence-electron chi connectivity index (χ2n) is 22.0. The summed E-state index contributed by atoms with van der Waals surface area (Å²) in [6.07, 6.45) is 2.28. The van der Waals surface area contributed by atoms with Crippen molar-refractivity contribution in [2.45, 2.75) is 140 Å². The van der Waals surface area contributed by atoms with E-state index in [0.717, 1.165) is 33.0 Å². The van der Waals surface area contributed by atoms with E-state index in [9.17, 15) is 28.8 Å². The zero-order chi connectivity index (χ0) is 54.3. The number of fused-ring (bicyclic) bond motifs is 3. The van der Waals surface area contributed by atoms with Gasteiger partial charge in [0.25, 0.3) is 0 Å². The van der Waals surface area contributed by atoms with Crippen LogP contribution < -0.4 is 31.9 Å². The second-order valence-corrected chi connectivity index (χ2v) is 24.6. The lowest BCUT2D eigenvalue weighted by Crippen LogP contribution is -2.58. The number of likely N-dealkylation sites (N-methyl/N-ethyl adjacent to an activating group) is 2. The van der Waals surface area contributed by atoms with Crippen LogP contribution in [0.4, 0.5) is 0 Å². The Morgan fingerprint density at radius 1 is 0.592 bits per heavy atom. The molecule has 0 radical (unpaired) electrons. The van der Waals surface area contributed by atoms with Gasteiger partial charge in [-0.2, -0.15) is 0 Å². The van der Waals surface area contributed by atoms with Crippen LogP contribution in [0.1, 0.15) is 102 Å². The zero-order valence-corrected chi connectivity index (χ0v) is 46.7. The molecule has 0 saturated carbocycles. The molecule has 4 aliphatic rings. The van der Waals surface area contributed by atoms with E-state index in [-0.39, 0.29) is 59.4 Å². The SMILES string of the molecule is CNC(C)C(=O)N[C@H]1CCS[C@H]2CC(C)(C)[C@@H](C(=O)NC(COCc3ccc4cc(COCC(NC(=O)[C@H]5N6C(=O)[C@@H](NC(=O)C(C)NC)CCS[C@H]6CC5(C)C)c5ccccc5)ccc4c3)c3ccccc3)N2C1=O. The topological polar surface area (TPSA) is 200 Å². The van der Waals surface area contributed by atoms with Gasteiger partial charge in [0, 0.05) is 0 Å². The van der Waals surface area contributed by atoms with Gasteiger partial charge in [-0.25, -0.2) is 0 Å². The van der Waals surface area contributed by atoms with Crippen LogP contribution in [0.5, 0.6) is 0 Å². The van der Waals surface area contributed by atoms with E-state index in [1.165, 1.54) is 0 Å². The largest absolute Gasteiger partial charge is 0.374 e. The molecule has 4 aliphatic heterocycles. The molecular formula is C58H76N8O8S2. The van der Waals surface area contributed by atoms with Gasteiger partial charge < -0.3 is 51.2 Å². The molecule has 4 saturated heterocycles. The Kier molecular flexibility index (Phi) is 18.6. The monoisotopic (exact) mass is 1080 g/mol. The number of ether oxygens (including phenoxy) is 2. The first-order valence-corrected chi connectivity index (χ1v) is 28.7. The lowest BCUT2D eigenvalue weighted by atomic mass is 9.83. The van der Waals surface area contributed by atoms with Gasteiger partial charge in [0.15, 0.2) is 0 Å². The quantitative estimate of drug-likeness (QED) is 0.0609. The number of rotatable bonds is 20. The van der Waals surface area contributed by atoms with Crippen molar-refractivity contribution < 1.29 is 38.2 Å². The number of hydrogen-bond acceptors (Lipinski definition) is 12. The second kappa shape index (κ2) is 24.9. The summed E-state index contributed by atoms with van der Waals surface area (Å²) < 4.78 is 12.8. The number of thioether (sulfide) groups is 2. The van der Waals surface area contributed by atoms with Crippen LogP contribution in [-0.4, -0.2) is 131 Å². The molecule has 76 heavy (non-hydrogen) atoms. The van der Waals surface area contributed by atoms with Crippen molar-refractivity contribution in [2.75, 3.05) is 38.8 Å². The minimum atomic E-state index is -0.746. The van der Waals surface area contributed by atoms with Gasteiger partial charge in [-0.05, 0) is 121 Å². The summed E-state index contributed by atoms with van der Waals surface area (Å²) in [5.74, 6) is -0.101. The van der Waals surface area contributed by atoms with Crippen LogP contribution >= 0.6 is 23.5 Å². The highest BCUT2D eigenvalue weighted by molar-refractivity contribution is 8.00. The van der Waals surface area contributed by atoms with Gasteiger partial charge in [-0.3, -0.25) is 28.8 Å².